The van der Waals surface area contributed by atoms with E-state index in [-0.39, 0.29) is 17.3 Å². The van der Waals surface area contributed by atoms with Crippen LogP contribution in [0.1, 0.15) is 10.4 Å². The van der Waals surface area contributed by atoms with E-state index in [0.29, 0.717) is 16.3 Å². The Morgan fingerprint density at radius 2 is 2.11 bits per heavy atom. The average Bonchev–Trinajstić information content (AvgIpc) is 2.38. The third-order valence-electron chi connectivity index (χ3n) is 2.49. The van der Waals surface area contributed by atoms with Gasteiger partial charge in [-0.2, -0.15) is 5.26 Å². The van der Waals surface area contributed by atoms with Crippen LogP contribution in [0, 0.1) is 11.3 Å². The van der Waals surface area contributed by atoms with Gasteiger partial charge in [0.15, 0.2) is 5.78 Å². The summed E-state index contributed by atoms with van der Waals surface area (Å²) in [4.78, 5) is 23.4. The summed E-state index contributed by atoms with van der Waals surface area (Å²) in [6.45, 7) is 0. The molecular weight excluding hydrogens is 289 g/mol. The number of carbonyl (C=O) groups excluding carboxylic acids is 2. The first-order valence-electron chi connectivity index (χ1n) is 5.18. The first kappa shape index (κ1) is 13.4. The molecule has 2 rings (SSSR count). The van der Waals surface area contributed by atoms with Gasteiger partial charge in [0.05, 0.1) is 17.1 Å². The molecular formula is C12H7Cl2N3O2. The zero-order valence-electron chi connectivity index (χ0n) is 9.46. The molecule has 1 aliphatic heterocycles. The standard InChI is InChI=1S/C12H7Cl2N3O2/c13-4-10(18)8(5-15)11-16-9-3-6(14)1-2-7(9)12(19)17-11/h1-3,16H,4H2,(H,17,19)/b11-8-. The number of fused-ring (bicyclic) bond motifs is 1. The first-order valence-corrected chi connectivity index (χ1v) is 6.09. The minimum Gasteiger partial charge on any atom is -0.340 e. The monoisotopic (exact) mass is 295 g/mol. The number of Topliss-reactive ketones (excluding diaryl/α,β-unsaturated/α-hetero) is 1. The van der Waals surface area contributed by atoms with Crippen LogP contribution in [0.5, 0.6) is 0 Å². The molecule has 0 atom stereocenters. The van der Waals surface area contributed by atoms with Gasteiger partial charge < -0.3 is 10.6 Å². The third kappa shape index (κ3) is 2.55. The van der Waals surface area contributed by atoms with Gasteiger partial charge >= 0.3 is 0 Å². The van der Waals surface area contributed by atoms with E-state index in [4.69, 9.17) is 28.5 Å². The fourth-order valence-corrected chi connectivity index (χ4v) is 1.92. The molecule has 1 aromatic rings. The predicted molar refractivity (Wildman–Crippen MR) is 70.9 cm³/mol. The van der Waals surface area contributed by atoms with Crippen LogP contribution in [0.25, 0.3) is 0 Å². The Hall–Kier alpha value is -2.03. The van der Waals surface area contributed by atoms with E-state index in [2.05, 4.69) is 10.6 Å². The van der Waals surface area contributed by atoms with E-state index in [1.165, 1.54) is 6.07 Å². The number of nitrogens with one attached hydrogen (secondary N) is 2. The number of nitriles is 1. The van der Waals surface area contributed by atoms with Crippen molar-refractivity contribution in [2.75, 3.05) is 11.2 Å². The van der Waals surface area contributed by atoms with Crippen molar-refractivity contribution in [1.82, 2.24) is 5.32 Å². The maximum absolute atomic E-state index is 11.9. The van der Waals surface area contributed by atoms with E-state index in [1.54, 1.807) is 18.2 Å². The number of anilines is 1. The molecule has 19 heavy (non-hydrogen) atoms. The van der Waals surface area contributed by atoms with Crippen LogP contribution in [0.4, 0.5) is 5.69 Å². The molecule has 1 aliphatic rings. The van der Waals surface area contributed by atoms with Crippen LogP contribution < -0.4 is 10.6 Å². The summed E-state index contributed by atoms with van der Waals surface area (Å²) in [5.74, 6) is -1.31. The molecule has 0 aromatic heterocycles. The zero-order chi connectivity index (χ0) is 14.0. The topological polar surface area (TPSA) is 82.0 Å². The van der Waals surface area contributed by atoms with Crippen LogP contribution in [-0.2, 0) is 4.79 Å². The molecule has 7 heteroatoms. The molecule has 0 radical (unpaired) electrons. The molecule has 0 unspecified atom stereocenters. The van der Waals surface area contributed by atoms with Gasteiger partial charge in [-0.1, -0.05) is 11.6 Å². The van der Waals surface area contributed by atoms with Crippen molar-refractivity contribution < 1.29 is 9.59 Å². The number of nitrogens with zero attached hydrogens (tertiary/aromatic N) is 1. The van der Waals surface area contributed by atoms with Gasteiger partial charge in [-0.3, -0.25) is 9.59 Å². The van der Waals surface area contributed by atoms with Crippen molar-refractivity contribution in [2.24, 2.45) is 0 Å². The SMILES string of the molecule is N#C/C(C(=O)CCl)=C1/NC(=O)c2ccc(Cl)cc2N1. The maximum Gasteiger partial charge on any atom is 0.258 e. The number of amides is 1. The lowest BCUT2D eigenvalue weighted by atomic mass is 10.1. The Kier molecular flexibility index (Phi) is 3.74. The van der Waals surface area contributed by atoms with Crippen molar-refractivity contribution >= 4 is 40.6 Å². The molecule has 5 nitrogen and oxygen atoms in total. The molecule has 1 heterocycles. The lowest BCUT2D eigenvalue weighted by Gasteiger charge is -2.22. The number of carbonyl (C=O) groups is 2. The highest BCUT2D eigenvalue weighted by atomic mass is 35.5. The van der Waals surface area contributed by atoms with Gasteiger partial charge in [0.2, 0.25) is 0 Å². The van der Waals surface area contributed by atoms with Gasteiger partial charge in [-0.25, -0.2) is 0 Å². The molecule has 0 saturated carbocycles. The fraction of sp³-hybridized carbons (Fsp3) is 0.0833. The van der Waals surface area contributed by atoms with Crippen molar-refractivity contribution in [3.8, 4) is 6.07 Å². The first-order chi connectivity index (χ1) is 9.06. The zero-order valence-corrected chi connectivity index (χ0v) is 11.0. The van der Waals surface area contributed by atoms with Crippen LogP contribution in [-0.4, -0.2) is 17.6 Å². The highest BCUT2D eigenvalue weighted by Crippen LogP contribution is 2.26. The predicted octanol–water partition coefficient (Wildman–Crippen LogP) is 2.04. The van der Waals surface area contributed by atoms with Gasteiger partial charge in [0, 0.05) is 5.02 Å². The summed E-state index contributed by atoms with van der Waals surface area (Å²) in [5, 5.41) is 14.6. The molecule has 1 amide bonds. The lowest BCUT2D eigenvalue weighted by Crippen LogP contribution is -2.35. The summed E-state index contributed by atoms with van der Waals surface area (Å²) in [6, 6.07) is 6.38. The number of hydrogen-bond acceptors (Lipinski definition) is 4. The highest BCUT2D eigenvalue weighted by Gasteiger charge is 2.24. The maximum atomic E-state index is 11.9. The van der Waals surface area contributed by atoms with Crippen LogP contribution in [0.2, 0.25) is 5.02 Å². The van der Waals surface area contributed by atoms with E-state index in [1.807, 2.05) is 0 Å². The molecule has 0 bridgehead atoms. The number of allylic oxidation sites excluding steroid dienone is 1. The van der Waals surface area contributed by atoms with Gasteiger partial charge in [-0.05, 0) is 18.2 Å². The minimum absolute atomic E-state index is 0.0212. The number of hydrogen-bond donors (Lipinski definition) is 2. The molecule has 0 fully saturated rings. The van der Waals surface area contributed by atoms with Crippen molar-refractivity contribution in [3.63, 3.8) is 0 Å². The summed E-state index contributed by atoms with van der Waals surface area (Å²) in [7, 11) is 0. The number of ketones is 1. The van der Waals surface area contributed by atoms with Crippen molar-refractivity contribution in [2.45, 2.75) is 0 Å². The second kappa shape index (κ2) is 5.31. The number of rotatable bonds is 2. The molecule has 2 N–H and O–H groups in total. The lowest BCUT2D eigenvalue weighted by molar-refractivity contribution is -0.113. The normalized spacial score (nSPS) is 15.7. The van der Waals surface area contributed by atoms with E-state index < -0.39 is 11.7 Å². The van der Waals surface area contributed by atoms with E-state index in [0.717, 1.165) is 0 Å². The average molecular weight is 296 g/mol. The Morgan fingerprint density at radius 1 is 1.37 bits per heavy atom. The van der Waals surface area contributed by atoms with Crippen molar-refractivity contribution in [3.05, 3.63) is 40.2 Å². The fourth-order valence-electron chi connectivity index (χ4n) is 1.61. The number of halogens is 2. The summed E-state index contributed by atoms with van der Waals surface area (Å²) in [5.41, 5.74) is 0.583. The molecule has 0 aliphatic carbocycles. The largest absolute Gasteiger partial charge is 0.340 e. The number of alkyl halides is 1. The Morgan fingerprint density at radius 3 is 2.74 bits per heavy atom. The second-order valence-corrected chi connectivity index (χ2v) is 4.39. The third-order valence-corrected chi connectivity index (χ3v) is 2.96. The number of benzene rings is 1. The molecule has 0 spiro atoms. The van der Waals surface area contributed by atoms with E-state index in [9.17, 15) is 9.59 Å². The quantitative estimate of drug-likeness (QED) is 0.497. The molecule has 0 saturated heterocycles. The molecule has 1 aromatic carbocycles. The Balaban J connectivity index is 2.51. The van der Waals surface area contributed by atoms with Crippen molar-refractivity contribution in [1.29, 1.82) is 5.26 Å². The molecule has 96 valence electrons. The Bertz CT molecular complexity index is 647. The summed E-state index contributed by atoms with van der Waals surface area (Å²) < 4.78 is 0. The van der Waals surface area contributed by atoms with Gasteiger partial charge in [-0.15, -0.1) is 11.6 Å². The van der Waals surface area contributed by atoms with Crippen LogP contribution >= 0.6 is 23.2 Å². The van der Waals surface area contributed by atoms with Gasteiger partial charge in [0.1, 0.15) is 17.5 Å². The second-order valence-electron chi connectivity index (χ2n) is 3.69. The van der Waals surface area contributed by atoms with Crippen LogP contribution in [0.3, 0.4) is 0 Å². The smallest absolute Gasteiger partial charge is 0.258 e. The minimum atomic E-state index is -0.572. The summed E-state index contributed by atoms with van der Waals surface area (Å²) in [6.07, 6.45) is 0. The van der Waals surface area contributed by atoms with Gasteiger partial charge in [0.25, 0.3) is 5.91 Å². The summed E-state index contributed by atoms with van der Waals surface area (Å²) >= 11 is 11.2. The Labute approximate surface area is 118 Å². The van der Waals surface area contributed by atoms with E-state index >= 15 is 0 Å². The highest BCUT2D eigenvalue weighted by molar-refractivity contribution is 6.32. The van der Waals surface area contributed by atoms with Crippen LogP contribution in [0.15, 0.2) is 29.6 Å².